The van der Waals surface area contributed by atoms with Crippen molar-refractivity contribution in [3.05, 3.63) is 22.8 Å². The van der Waals surface area contributed by atoms with Gasteiger partial charge in [0.05, 0.1) is 5.02 Å². The van der Waals surface area contributed by atoms with Crippen LogP contribution in [0.15, 0.2) is 12.1 Å². The number of amides is 1. The molecule has 0 atom stereocenters. The topological polar surface area (TPSA) is 48.5 Å². The van der Waals surface area contributed by atoms with E-state index in [1.807, 2.05) is 4.90 Å². The Morgan fingerprint density at radius 2 is 2.10 bits per heavy atom. The van der Waals surface area contributed by atoms with E-state index in [1.54, 1.807) is 19.2 Å². The third kappa shape index (κ3) is 4.08. The fourth-order valence-electron chi connectivity index (χ4n) is 2.72. The van der Waals surface area contributed by atoms with Gasteiger partial charge in [0.2, 0.25) is 0 Å². The molecule has 0 radical (unpaired) electrons. The van der Waals surface area contributed by atoms with E-state index in [9.17, 15) is 4.79 Å². The number of pyridine rings is 1. The maximum absolute atomic E-state index is 12.6. The Balaban J connectivity index is 2.02. The minimum Gasteiger partial charge on any atom is -0.373 e. The Morgan fingerprint density at radius 1 is 1.43 bits per heavy atom. The summed E-state index contributed by atoms with van der Waals surface area (Å²) < 4.78 is 0. The van der Waals surface area contributed by atoms with Crippen molar-refractivity contribution in [2.24, 2.45) is 5.92 Å². The second-order valence-electron chi connectivity index (χ2n) is 5.77. The van der Waals surface area contributed by atoms with Crippen LogP contribution in [0.3, 0.4) is 0 Å². The lowest BCUT2D eigenvalue weighted by molar-refractivity contribution is 0.0672. The minimum atomic E-state index is -0.0691. The first-order chi connectivity index (χ1) is 10.0. The van der Waals surface area contributed by atoms with Crippen molar-refractivity contribution >= 4 is 23.3 Å². The fourth-order valence-corrected chi connectivity index (χ4v) is 2.90. The van der Waals surface area contributed by atoms with E-state index < -0.39 is 0 Å². The molecule has 1 amide bonds. The number of anilines is 1. The lowest BCUT2D eigenvalue weighted by Gasteiger charge is -2.33. The molecule has 5 nitrogen and oxygen atoms in total. The van der Waals surface area contributed by atoms with Gasteiger partial charge in [-0.3, -0.25) is 4.79 Å². The first-order valence-electron chi connectivity index (χ1n) is 7.29. The largest absolute Gasteiger partial charge is 0.373 e. The molecule has 1 fully saturated rings. The number of carbonyl (C=O) groups is 1. The standard InChI is InChI=1S/C15H23ClN4O/c1-17-13-5-4-12(16)14(18-13)15(21)20-8-6-11(7-9-20)10-19(2)3/h4-5,11H,6-10H2,1-3H3,(H,17,18). The highest BCUT2D eigenvalue weighted by Gasteiger charge is 2.26. The molecule has 0 unspecified atom stereocenters. The van der Waals surface area contributed by atoms with E-state index in [-0.39, 0.29) is 5.91 Å². The summed E-state index contributed by atoms with van der Waals surface area (Å²) in [6, 6.07) is 3.48. The highest BCUT2D eigenvalue weighted by molar-refractivity contribution is 6.33. The smallest absolute Gasteiger partial charge is 0.274 e. The number of nitrogens with one attached hydrogen (secondary N) is 1. The summed E-state index contributed by atoms with van der Waals surface area (Å²) in [6.45, 7) is 2.63. The first-order valence-corrected chi connectivity index (χ1v) is 7.67. The summed E-state index contributed by atoms with van der Waals surface area (Å²) in [5.41, 5.74) is 0.342. The van der Waals surface area contributed by atoms with E-state index in [0.717, 1.165) is 32.5 Å². The zero-order chi connectivity index (χ0) is 15.4. The van der Waals surface area contributed by atoms with Crippen LogP contribution in [0.2, 0.25) is 5.02 Å². The van der Waals surface area contributed by atoms with Crippen LogP contribution in [0, 0.1) is 5.92 Å². The Labute approximate surface area is 131 Å². The maximum Gasteiger partial charge on any atom is 0.274 e. The predicted molar refractivity (Wildman–Crippen MR) is 86.0 cm³/mol. The van der Waals surface area contributed by atoms with Gasteiger partial charge in [-0.25, -0.2) is 4.98 Å². The van der Waals surface area contributed by atoms with E-state index >= 15 is 0 Å². The number of carbonyl (C=O) groups excluding carboxylic acids is 1. The van der Waals surface area contributed by atoms with Crippen molar-refractivity contribution in [1.29, 1.82) is 0 Å². The van der Waals surface area contributed by atoms with Gasteiger partial charge in [0, 0.05) is 26.7 Å². The van der Waals surface area contributed by atoms with Crippen LogP contribution in [0.4, 0.5) is 5.82 Å². The molecular formula is C15H23ClN4O. The molecule has 1 aromatic rings. The third-order valence-corrected chi connectivity index (χ3v) is 4.13. The molecule has 1 saturated heterocycles. The Bertz CT molecular complexity index is 498. The van der Waals surface area contributed by atoms with Gasteiger partial charge in [-0.2, -0.15) is 0 Å². The van der Waals surface area contributed by atoms with Crippen LogP contribution in [0.5, 0.6) is 0 Å². The van der Waals surface area contributed by atoms with Gasteiger partial charge in [0.1, 0.15) is 11.5 Å². The Kier molecular flexibility index (Phi) is 5.42. The van der Waals surface area contributed by atoms with Gasteiger partial charge in [-0.1, -0.05) is 11.6 Å². The molecule has 21 heavy (non-hydrogen) atoms. The van der Waals surface area contributed by atoms with Gasteiger partial charge in [-0.05, 0) is 45.0 Å². The molecule has 0 aliphatic carbocycles. The number of hydrogen-bond acceptors (Lipinski definition) is 4. The molecule has 1 N–H and O–H groups in total. The Hall–Kier alpha value is -1.33. The quantitative estimate of drug-likeness (QED) is 0.926. The van der Waals surface area contributed by atoms with Gasteiger partial charge in [0.25, 0.3) is 5.91 Å². The summed E-state index contributed by atoms with van der Waals surface area (Å²) >= 11 is 6.12. The number of piperidine rings is 1. The molecule has 116 valence electrons. The number of aromatic nitrogens is 1. The number of rotatable bonds is 4. The van der Waals surface area contributed by atoms with E-state index in [1.165, 1.54) is 0 Å². The van der Waals surface area contributed by atoms with Crippen LogP contribution in [-0.4, -0.2) is 61.5 Å². The summed E-state index contributed by atoms with van der Waals surface area (Å²) in [5, 5.41) is 3.35. The number of hydrogen-bond donors (Lipinski definition) is 1. The van der Waals surface area contributed by atoms with Crippen molar-refractivity contribution < 1.29 is 4.79 Å². The SMILES string of the molecule is CNc1ccc(Cl)c(C(=O)N2CCC(CN(C)C)CC2)n1. The molecule has 2 heterocycles. The van der Waals surface area contributed by atoms with Crippen molar-refractivity contribution in [3.63, 3.8) is 0 Å². The molecule has 1 aromatic heterocycles. The average molecular weight is 311 g/mol. The normalized spacial score (nSPS) is 16.3. The number of nitrogens with zero attached hydrogens (tertiary/aromatic N) is 3. The van der Waals surface area contributed by atoms with Crippen molar-refractivity contribution in [1.82, 2.24) is 14.8 Å². The lowest BCUT2D eigenvalue weighted by Crippen LogP contribution is -2.41. The molecule has 0 saturated carbocycles. The third-order valence-electron chi connectivity index (χ3n) is 3.83. The number of halogens is 1. The van der Waals surface area contributed by atoms with E-state index in [0.29, 0.717) is 22.5 Å². The zero-order valence-corrected chi connectivity index (χ0v) is 13.7. The van der Waals surface area contributed by atoms with E-state index in [2.05, 4.69) is 29.3 Å². The van der Waals surface area contributed by atoms with E-state index in [4.69, 9.17) is 11.6 Å². The molecule has 2 rings (SSSR count). The molecule has 1 aliphatic rings. The second-order valence-corrected chi connectivity index (χ2v) is 6.18. The summed E-state index contributed by atoms with van der Waals surface area (Å²) in [7, 11) is 5.95. The molecule has 0 bridgehead atoms. The lowest BCUT2D eigenvalue weighted by atomic mass is 9.96. The molecule has 6 heteroatoms. The predicted octanol–water partition coefficient (Wildman–Crippen LogP) is 2.19. The van der Waals surface area contributed by atoms with Crippen LogP contribution in [0.25, 0.3) is 0 Å². The fraction of sp³-hybridized carbons (Fsp3) is 0.600. The van der Waals surface area contributed by atoms with Gasteiger partial charge in [-0.15, -0.1) is 0 Å². The highest BCUT2D eigenvalue weighted by atomic mass is 35.5. The van der Waals surface area contributed by atoms with Gasteiger partial charge >= 0.3 is 0 Å². The zero-order valence-electron chi connectivity index (χ0n) is 12.9. The monoisotopic (exact) mass is 310 g/mol. The van der Waals surface area contributed by atoms with Gasteiger partial charge in [0.15, 0.2) is 0 Å². The molecular weight excluding hydrogens is 288 g/mol. The summed E-state index contributed by atoms with van der Waals surface area (Å²) in [4.78, 5) is 20.9. The van der Waals surface area contributed by atoms with Crippen molar-refractivity contribution in [3.8, 4) is 0 Å². The molecule has 0 aromatic carbocycles. The number of likely N-dealkylation sites (tertiary alicyclic amines) is 1. The van der Waals surface area contributed by atoms with Crippen molar-refractivity contribution in [2.75, 3.05) is 46.1 Å². The molecule has 0 spiro atoms. The highest BCUT2D eigenvalue weighted by Crippen LogP contribution is 2.22. The second kappa shape index (κ2) is 7.09. The molecule has 1 aliphatic heterocycles. The van der Waals surface area contributed by atoms with Crippen LogP contribution < -0.4 is 5.32 Å². The van der Waals surface area contributed by atoms with Crippen LogP contribution >= 0.6 is 11.6 Å². The van der Waals surface area contributed by atoms with Gasteiger partial charge < -0.3 is 15.1 Å². The van der Waals surface area contributed by atoms with Crippen LogP contribution in [-0.2, 0) is 0 Å². The van der Waals surface area contributed by atoms with Crippen LogP contribution in [0.1, 0.15) is 23.3 Å². The summed E-state index contributed by atoms with van der Waals surface area (Å²) in [5.74, 6) is 1.25. The maximum atomic E-state index is 12.6. The Morgan fingerprint density at radius 3 is 2.67 bits per heavy atom. The first kappa shape index (κ1) is 16.0. The van der Waals surface area contributed by atoms with Crippen molar-refractivity contribution in [2.45, 2.75) is 12.8 Å². The average Bonchev–Trinajstić information content (AvgIpc) is 2.47. The minimum absolute atomic E-state index is 0.0691. The summed E-state index contributed by atoms with van der Waals surface area (Å²) in [6.07, 6.45) is 2.07.